The van der Waals surface area contributed by atoms with Gasteiger partial charge in [0.2, 0.25) is 0 Å². The summed E-state index contributed by atoms with van der Waals surface area (Å²) >= 11 is 0. The molecule has 2 aliphatic rings. The second-order valence-corrected chi connectivity index (χ2v) is 4.44. The number of nitrogens with zero attached hydrogens (tertiary/aromatic N) is 1. The second kappa shape index (κ2) is 2.48. The first-order valence-electron chi connectivity index (χ1n) is 5.02. The fourth-order valence-corrected chi connectivity index (χ4v) is 3.14. The van der Waals surface area contributed by atoms with Crippen LogP contribution in [0.3, 0.4) is 0 Å². The van der Waals surface area contributed by atoms with Crippen LogP contribution in [0.1, 0.15) is 39.5 Å². The highest BCUT2D eigenvalue weighted by Gasteiger charge is 2.45. The van der Waals surface area contributed by atoms with Crippen molar-refractivity contribution in [3.8, 4) is 0 Å². The molecule has 1 nitrogen and oxygen atoms in total. The molecule has 11 heavy (non-hydrogen) atoms. The lowest BCUT2D eigenvalue weighted by Gasteiger charge is -2.30. The smallest absolute Gasteiger partial charge is 0.0210 e. The quantitative estimate of drug-likeness (QED) is 0.558. The average molecular weight is 153 g/mol. The van der Waals surface area contributed by atoms with Gasteiger partial charge < -0.3 is 0 Å². The maximum absolute atomic E-state index is 2.73. The molecule has 2 atom stereocenters. The Bertz CT molecular complexity index is 155. The lowest BCUT2D eigenvalue weighted by Crippen LogP contribution is -2.37. The molecule has 0 aromatic rings. The summed E-state index contributed by atoms with van der Waals surface area (Å²) in [5.74, 6) is 0.954. The Morgan fingerprint density at radius 1 is 1.55 bits per heavy atom. The number of hydrogen-bond donors (Lipinski definition) is 0. The van der Waals surface area contributed by atoms with Crippen molar-refractivity contribution in [2.45, 2.75) is 45.1 Å². The van der Waals surface area contributed by atoms with E-state index >= 15 is 0 Å². The molecule has 0 saturated carbocycles. The lowest BCUT2D eigenvalue weighted by molar-refractivity contribution is 0.189. The minimum atomic E-state index is 0.652. The molecule has 0 spiro atoms. The molecule has 0 radical (unpaired) electrons. The van der Waals surface area contributed by atoms with Crippen molar-refractivity contribution in [3.63, 3.8) is 0 Å². The predicted molar refractivity (Wildman–Crippen MR) is 47.6 cm³/mol. The second-order valence-electron chi connectivity index (χ2n) is 4.44. The molecule has 1 heteroatoms. The van der Waals surface area contributed by atoms with Crippen LogP contribution in [0.5, 0.6) is 0 Å². The van der Waals surface area contributed by atoms with E-state index in [4.69, 9.17) is 0 Å². The molecule has 2 rings (SSSR count). The molecule has 2 aliphatic heterocycles. The maximum Gasteiger partial charge on any atom is 0.0210 e. The van der Waals surface area contributed by atoms with E-state index in [1.165, 1.54) is 38.8 Å². The standard InChI is InChI=1S/C10H19N/c1-3-10-5-4-6-11(10)8-9(2)7-10/h9H,3-8H2,1-2H3/t9?,10-/m0/s1. The summed E-state index contributed by atoms with van der Waals surface area (Å²) in [6, 6.07) is 0. The van der Waals surface area contributed by atoms with Gasteiger partial charge in [-0.1, -0.05) is 13.8 Å². The molecule has 0 N–H and O–H groups in total. The van der Waals surface area contributed by atoms with E-state index in [-0.39, 0.29) is 0 Å². The van der Waals surface area contributed by atoms with E-state index in [0.717, 1.165) is 5.92 Å². The summed E-state index contributed by atoms with van der Waals surface area (Å²) in [7, 11) is 0. The largest absolute Gasteiger partial charge is 0.297 e. The summed E-state index contributed by atoms with van der Waals surface area (Å²) in [5, 5.41) is 0. The van der Waals surface area contributed by atoms with Gasteiger partial charge in [0.15, 0.2) is 0 Å². The minimum Gasteiger partial charge on any atom is -0.297 e. The van der Waals surface area contributed by atoms with Crippen LogP contribution < -0.4 is 0 Å². The molecule has 1 unspecified atom stereocenters. The van der Waals surface area contributed by atoms with Crippen LogP contribution in [0, 0.1) is 5.92 Å². The van der Waals surface area contributed by atoms with Gasteiger partial charge in [0.05, 0.1) is 0 Å². The monoisotopic (exact) mass is 153 g/mol. The van der Waals surface area contributed by atoms with Crippen LogP contribution in [0.25, 0.3) is 0 Å². The highest BCUT2D eigenvalue weighted by molar-refractivity contribution is 5.01. The average Bonchev–Trinajstić information content (AvgIpc) is 2.43. The zero-order valence-corrected chi connectivity index (χ0v) is 7.77. The third kappa shape index (κ3) is 1.01. The summed E-state index contributed by atoms with van der Waals surface area (Å²) in [5.41, 5.74) is 0.652. The fraction of sp³-hybridized carbons (Fsp3) is 1.00. The van der Waals surface area contributed by atoms with Gasteiger partial charge in [-0.15, -0.1) is 0 Å². The van der Waals surface area contributed by atoms with E-state index in [0.29, 0.717) is 5.54 Å². The normalized spacial score (nSPS) is 44.7. The molecule has 64 valence electrons. The van der Waals surface area contributed by atoms with Crippen molar-refractivity contribution in [2.24, 2.45) is 5.92 Å². The van der Waals surface area contributed by atoms with Gasteiger partial charge in [-0.05, 0) is 38.1 Å². The Labute approximate surface area is 69.8 Å². The van der Waals surface area contributed by atoms with Gasteiger partial charge in [-0.2, -0.15) is 0 Å². The third-order valence-corrected chi connectivity index (χ3v) is 3.66. The summed E-state index contributed by atoms with van der Waals surface area (Å²) < 4.78 is 0. The number of rotatable bonds is 1. The topological polar surface area (TPSA) is 3.24 Å². The Kier molecular flexibility index (Phi) is 1.71. The van der Waals surface area contributed by atoms with Gasteiger partial charge in [-0.3, -0.25) is 4.90 Å². The summed E-state index contributed by atoms with van der Waals surface area (Å²) in [6.07, 6.45) is 5.75. The van der Waals surface area contributed by atoms with Crippen LogP contribution in [0.4, 0.5) is 0 Å². The van der Waals surface area contributed by atoms with Gasteiger partial charge in [0, 0.05) is 12.1 Å². The first kappa shape index (κ1) is 7.60. The van der Waals surface area contributed by atoms with Crippen molar-refractivity contribution >= 4 is 0 Å². The van der Waals surface area contributed by atoms with Gasteiger partial charge in [-0.25, -0.2) is 0 Å². The van der Waals surface area contributed by atoms with Crippen molar-refractivity contribution in [3.05, 3.63) is 0 Å². The zero-order valence-electron chi connectivity index (χ0n) is 7.77. The van der Waals surface area contributed by atoms with E-state index in [1.54, 1.807) is 0 Å². The molecular formula is C10H19N. The van der Waals surface area contributed by atoms with Crippen LogP contribution in [0.2, 0.25) is 0 Å². The molecule has 2 saturated heterocycles. The Morgan fingerprint density at radius 3 is 3.00 bits per heavy atom. The zero-order chi connectivity index (χ0) is 7.90. The summed E-state index contributed by atoms with van der Waals surface area (Å²) in [4.78, 5) is 2.73. The van der Waals surface area contributed by atoms with Gasteiger partial charge in [0.25, 0.3) is 0 Å². The summed E-state index contributed by atoms with van der Waals surface area (Å²) in [6.45, 7) is 7.50. The van der Waals surface area contributed by atoms with Crippen LogP contribution in [-0.4, -0.2) is 23.5 Å². The van der Waals surface area contributed by atoms with E-state index in [9.17, 15) is 0 Å². The molecule has 0 bridgehead atoms. The molecule has 0 aliphatic carbocycles. The van der Waals surface area contributed by atoms with E-state index < -0.39 is 0 Å². The van der Waals surface area contributed by atoms with Gasteiger partial charge in [0.1, 0.15) is 0 Å². The Morgan fingerprint density at radius 2 is 2.36 bits per heavy atom. The Hall–Kier alpha value is -0.0400. The van der Waals surface area contributed by atoms with Crippen molar-refractivity contribution in [2.75, 3.05) is 13.1 Å². The lowest BCUT2D eigenvalue weighted by atomic mass is 9.88. The van der Waals surface area contributed by atoms with Crippen LogP contribution in [0.15, 0.2) is 0 Å². The molecule has 2 fully saturated rings. The molecular weight excluding hydrogens is 134 g/mol. The van der Waals surface area contributed by atoms with E-state index in [1.807, 2.05) is 0 Å². The number of hydrogen-bond acceptors (Lipinski definition) is 1. The van der Waals surface area contributed by atoms with Gasteiger partial charge >= 0.3 is 0 Å². The third-order valence-electron chi connectivity index (χ3n) is 3.66. The highest BCUT2D eigenvalue weighted by atomic mass is 15.2. The van der Waals surface area contributed by atoms with E-state index in [2.05, 4.69) is 18.7 Å². The van der Waals surface area contributed by atoms with Crippen molar-refractivity contribution in [1.29, 1.82) is 0 Å². The van der Waals surface area contributed by atoms with Crippen molar-refractivity contribution in [1.82, 2.24) is 4.90 Å². The number of fused-ring (bicyclic) bond motifs is 1. The van der Waals surface area contributed by atoms with Crippen molar-refractivity contribution < 1.29 is 0 Å². The first-order chi connectivity index (χ1) is 5.27. The molecule has 0 aromatic carbocycles. The van der Waals surface area contributed by atoms with Crippen LogP contribution >= 0.6 is 0 Å². The first-order valence-corrected chi connectivity index (χ1v) is 5.02. The van der Waals surface area contributed by atoms with Crippen LogP contribution in [-0.2, 0) is 0 Å². The fourth-order valence-electron chi connectivity index (χ4n) is 3.14. The predicted octanol–water partition coefficient (Wildman–Crippen LogP) is 2.27. The molecule has 2 heterocycles. The molecule has 0 aromatic heterocycles. The Balaban J connectivity index is 2.15. The minimum absolute atomic E-state index is 0.652. The SMILES string of the molecule is CC[C@@]12CCCN1CC(C)C2. The highest BCUT2D eigenvalue weighted by Crippen LogP contribution is 2.43. The maximum atomic E-state index is 2.73. The molecule has 0 amide bonds.